The fourth-order valence-electron chi connectivity index (χ4n) is 2.66. The second-order valence-electron chi connectivity index (χ2n) is 5.72. The largest absolute Gasteiger partial charge is 0.472 e. The van der Waals surface area contributed by atoms with Gasteiger partial charge in [0.05, 0.1) is 10.6 Å². The van der Waals surface area contributed by atoms with Gasteiger partial charge in [-0.25, -0.2) is 22.2 Å². The number of halogens is 2. The number of hydrogen-bond donors (Lipinski definition) is 0. The number of carbonyl (C=O) groups is 1. The number of carbonyl (C=O) groups excluding carboxylic acids is 1. The van der Waals surface area contributed by atoms with Gasteiger partial charge >= 0.3 is 0 Å². The van der Waals surface area contributed by atoms with Crippen molar-refractivity contribution in [2.45, 2.75) is 17.9 Å². The summed E-state index contributed by atoms with van der Waals surface area (Å²) in [4.78, 5) is 18.3. The van der Waals surface area contributed by atoms with Crippen LogP contribution in [0.3, 0.4) is 0 Å². The van der Waals surface area contributed by atoms with Gasteiger partial charge in [0.2, 0.25) is 5.88 Å². The van der Waals surface area contributed by atoms with E-state index in [1.807, 2.05) is 0 Å². The molecule has 9 heteroatoms. The van der Waals surface area contributed by atoms with Gasteiger partial charge in [-0.2, -0.15) is 0 Å². The fraction of sp³-hybridized carbons (Fsp3) is 0.294. The van der Waals surface area contributed by atoms with Crippen LogP contribution in [0.15, 0.2) is 47.4 Å². The molecular formula is C17H16F2N2O4S. The molecule has 2 heterocycles. The molecule has 26 heavy (non-hydrogen) atoms. The molecule has 0 saturated heterocycles. The molecule has 2 aromatic rings. The van der Waals surface area contributed by atoms with Crippen molar-refractivity contribution in [1.82, 2.24) is 9.88 Å². The number of sulfone groups is 1. The third-order valence-corrected chi connectivity index (χ3v) is 5.67. The fourth-order valence-corrected chi connectivity index (χ4v) is 4.16. The van der Waals surface area contributed by atoms with E-state index in [2.05, 4.69) is 4.98 Å². The van der Waals surface area contributed by atoms with Crippen molar-refractivity contribution in [1.29, 1.82) is 0 Å². The number of benzene rings is 1. The first-order chi connectivity index (χ1) is 12.4. The van der Waals surface area contributed by atoms with E-state index < -0.39 is 28.8 Å². The average molecular weight is 382 g/mol. The monoisotopic (exact) mass is 382 g/mol. The summed E-state index contributed by atoms with van der Waals surface area (Å²) < 4.78 is 54.0. The maximum absolute atomic E-state index is 12.7. The summed E-state index contributed by atoms with van der Waals surface area (Å²) in [7, 11) is -3.48. The van der Waals surface area contributed by atoms with E-state index in [-0.39, 0.29) is 35.3 Å². The molecule has 1 amide bonds. The number of ether oxygens (including phenoxy) is 1. The van der Waals surface area contributed by atoms with E-state index >= 15 is 0 Å². The topological polar surface area (TPSA) is 76.6 Å². The summed E-state index contributed by atoms with van der Waals surface area (Å²) in [5.74, 6) is -0.768. The molecule has 0 N–H and O–H groups in total. The summed E-state index contributed by atoms with van der Waals surface area (Å²) in [5, 5.41) is 0. The minimum atomic E-state index is -3.48. The normalized spacial score (nSPS) is 16.0. The molecule has 138 valence electrons. The molecule has 3 rings (SSSR count). The molecule has 0 bridgehead atoms. The molecule has 1 aliphatic rings. The highest BCUT2D eigenvalue weighted by Crippen LogP contribution is 2.23. The predicted octanol–water partition coefficient (Wildman–Crippen LogP) is 2.16. The molecule has 1 aliphatic heterocycles. The molecule has 6 nitrogen and oxygen atoms in total. The Kier molecular flexibility index (Phi) is 5.17. The predicted molar refractivity (Wildman–Crippen MR) is 89.0 cm³/mol. The van der Waals surface area contributed by atoms with E-state index in [0.717, 1.165) is 0 Å². The van der Waals surface area contributed by atoms with Crippen LogP contribution in [0.1, 0.15) is 16.1 Å². The highest BCUT2D eigenvalue weighted by molar-refractivity contribution is 7.91. The molecule has 0 radical (unpaired) electrons. The van der Waals surface area contributed by atoms with Gasteiger partial charge in [0.1, 0.15) is 5.69 Å². The highest BCUT2D eigenvalue weighted by atomic mass is 32.2. The number of pyridine rings is 1. The average Bonchev–Trinajstić information content (AvgIpc) is 2.76. The van der Waals surface area contributed by atoms with E-state index in [1.165, 1.54) is 29.2 Å². The van der Waals surface area contributed by atoms with Crippen molar-refractivity contribution in [2.75, 3.05) is 18.9 Å². The van der Waals surface area contributed by atoms with E-state index in [1.54, 1.807) is 18.2 Å². The SMILES string of the molecule is O=C(c1cccc(OCC(F)F)n1)N1CCS(=O)(=O)c2ccccc2C1. The first kappa shape index (κ1) is 18.2. The maximum atomic E-state index is 12.7. The minimum absolute atomic E-state index is 0.00791. The zero-order valence-electron chi connectivity index (χ0n) is 13.6. The Morgan fingerprint density at radius 2 is 1.96 bits per heavy atom. The van der Waals surface area contributed by atoms with Crippen LogP contribution in [-0.4, -0.2) is 49.5 Å². The number of nitrogens with zero attached hydrogens (tertiary/aromatic N) is 2. The summed E-state index contributed by atoms with van der Waals surface area (Å²) >= 11 is 0. The van der Waals surface area contributed by atoms with E-state index in [0.29, 0.717) is 5.56 Å². The van der Waals surface area contributed by atoms with Gasteiger partial charge in [-0.1, -0.05) is 24.3 Å². The third kappa shape index (κ3) is 3.98. The van der Waals surface area contributed by atoms with Crippen LogP contribution < -0.4 is 4.74 Å². The lowest BCUT2D eigenvalue weighted by atomic mass is 10.2. The lowest BCUT2D eigenvalue weighted by Gasteiger charge is -2.20. The molecule has 0 unspecified atom stereocenters. The Morgan fingerprint density at radius 1 is 1.19 bits per heavy atom. The summed E-state index contributed by atoms with van der Waals surface area (Å²) in [6.45, 7) is -0.683. The van der Waals surface area contributed by atoms with Crippen molar-refractivity contribution in [2.24, 2.45) is 0 Å². The van der Waals surface area contributed by atoms with Gasteiger partial charge in [0.15, 0.2) is 16.4 Å². The Labute approximate surface area is 149 Å². The number of alkyl halides is 2. The van der Waals surface area contributed by atoms with Crippen molar-refractivity contribution >= 4 is 15.7 Å². The van der Waals surface area contributed by atoms with E-state index in [9.17, 15) is 22.0 Å². The van der Waals surface area contributed by atoms with Crippen molar-refractivity contribution in [3.05, 3.63) is 53.7 Å². The molecule has 0 atom stereocenters. The smallest absolute Gasteiger partial charge is 0.272 e. The van der Waals surface area contributed by atoms with Gasteiger partial charge in [-0.15, -0.1) is 0 Å². The van der Waals surface area contributed by atoms with Crippen molar-refractivity contribution in [3.8, 4) is 5.88 Å². The van der Waals surface area contributed by atoms with Crippen LogP contribution in [0, 0.1) is 0 Å². The van der Waals surface area contributed by atoms with Crippen molar-refractivity contribution in [3.63, 3.8) is 0 Å². The lowest BCUT2D eigenvalue weighted by Crippen LogP contribution is -2.33. The van der Waals surface area contributed by atoms with Crippen LogP contribution >= 0.6 is 0 Å². The van der Waals surface area contributed by atoms with Crippen LogP contribution in [-0.2, 0) is 16.4 Å². The van der Waals surface area contributed by atoms with Crippen LogP contribution in [0.2, 0.25) is 0 Å². The molecule has 1 aromatic carbocycles. The second-order valence-corrected chi connectivity index (χ2v) is 7.79. The first-order valence-corrected chi connectivity index (χ1v) is 9.50. The summed E-state index contributed by atoms with van der Waals surface area (Å²) in [6, 6.07) is 10.8. The van der Waals surface area contributed by atoms with Crippen LogP contribution in [0.4, 0.5) is 8.78 Å². The second kappa shape index (κ2) is 7.36. The third-order valence-electron chi connectivity index (χ3n) is 3.89. The number of amides is 1. The van der Waals surface area contributed by atoms with Gasteiger partial charge in [-0.05, 0) is 17.7 Å². The van der Waals surface area contributed by atoms with Gasteiger partial charge < -0.3 is 9.64 Å². The summed E-state index contributed by atoms with van der Waals surface area (Å²) in [5.41, 5.74) is 0.539. The summed E-state index contributed by atoms with van der Waals surface area (Å²) in [6.07, 6.45) is -2.65. The first-order valence-electron chi connectivity index (χ1n) is 7.85. The van der Waals surface area contributed by atoms with Gasteiger partial charge in [0, 0.05) is 19.2 Å². The molecule has 0 spiro atoms. The van der Waals surface area contributed by atoms with Crippen LogP contribution in [0.25, 0.3) is 0 Å². The zero-order chi connectivity index (χ0) is 18.7. The highest BCUT2D eigenvalue weighted by Gasteiger charge is 2.28. The van der Waals surface area contributed by atoms with Crippen molar-refractivity contribution < 1.29 is 26.7 Å². The molecule has 1 aromatic heterocycles. The number of aromatic nitrogens is 1. The molecule has 0 saturated carbocycles. The standard InChI is InChI=1S/C17H16F2N2O4S/c18-15(19)11-25-16-7-3-5-13(20-16)17(22)21-8-9-26(23,24)14-6-2-1-4-12(14)10-21/h1-7,15H,8-11H2. The van der Waals surface area contributed by atoms with Gasteiger partial charge in [-0.3, -0.25) is 4.79 Å². The van der Waals surface area contributed by atoms with Gasteiger partial charge in [0.25, 0.3) is 12.3 Å². The minimum Gasteiger partial charge on any atom is -0.472 e. The maximum Gasteiger partial charge on any atom is 0.272 e. The number of rotatable bonds is 4. The van der Waals surface area contributed by atoms with Crippen LogP contribution in [0.5, 0.6) is 5.88 Å². The number of hydrogen-bond acceptors (Lipinski definition) is 5. The molecular weight excluding hydrogens is 366 g/mol. The Bertz CT molecular complexity index is 918. The Morgan fingerprint density at radius 3 is 2.73 bits per heavy atom. The van der Waals surface area contributed by atoms with E-state index in [4.69, 9.17) is 4.74 Å². The molecule has 0 fully saturated rings. The number of fused-ring (bicyclic) bond motifs is 1. The molecule has 0 aliphatic carbocycles. The zero-order valence-corrected chi connectivity index (χ0v) is 14.5. The Balaban J connectivity index is 1.84. The quantitative estimate of drug-likeness (QED) is 0.810. The lowest BCUT2D eigenvalue weighted by molar-refractivity contribution is 0.0736. The Hall–Kier alpha value is -2.55.